The standard InChI is InChI=1S/C27H23NO2/c1-18-12-14-21(15-13-18)28-26(29)24-22(19-8-4-2-5-9-19)16-17-23(25(24)27(28)30)20-10-6-3-7-11-20/h2-17,22-25H,1H3/t22-,23-,24+,25+/m1/s1. The van der Waals surface area contributed by atoms with Crippen LogP contribution in [0.1, 0.15) is 28.5 Å². The van der Waals surface area contributed by atoms with E-state index in [9.17, 15) is 9.59 Å². The maximum absolute atomic E-state index is 13.7. The Bertz CT molecular complexity index is 1040. The number of anilines is 1. The highest BCUT2D eigenvalue weighted by Gasteiger charge is 2.55. The van der Waals surface area contributed by atoms with Crippen molar-refractivity contribution in [2.24, 2.45) is 11.8 Å². The van der Waals surface area contributed by atoms with Crippen molar-refractivity contribution in [3.8, 4) is 0 Å². The molecule has 0 saturated carbocycles. The van der Waals surface area contributed by atoms with Gasteiger partial charge in [-0.3, -0.25) is 9.59 Å². The third kappa shape index (κ3) is 2.98. The van der Waals surface area contributed by atoms with Crippen LogP contribution in [0.3, 0.4) is 0 Å². The average molecular weight is 393 g/mol. The molecule has 0 spiro atoms. The van der Waals surface area contributed by atoms with Crippen LogP contribution in [-0.4, -0.2) is 11.8 Å². The van der Waals surface area contributed by atoms with Crippen molar-refractivity contribution in [1.82, 2.24) is 0 Å². The van der Waals surface area contributed by atoms with Crippen LogP contribution in [0.15, 0.2) is 97.1 Å². The minimum absolute atomic E-state index is 0.104. The number of benzene rings is 3. The number of allylic oxidation sites excluding steroid dienone is 2. The third-order valence-corrected chi connectivity index (χ3v) is 6.36. The first-order chi connectivity index (χ1) is 14.6. The van der Waals surface area contributed by atoms with E-state index in [1.807, 2.05) is 91.9 Å². The fourth-order valence-electron chi connectivity index (χ4n) is 4.88. The lowest BCUT2D eigenvalue weighted by Gasteiger charge is -2.32. The minimum Gasteiger partial charge on any atom is -0.274 e. The predicted molar refractivity (Wildman–Crippen MR) is 118 cm³/mol. The van der Waals surface area contributed by atoms with E-state index in [-0.39, 0.29) is 23.7 Å². The summed E-state index contributed by atoms with van der Waals surface area (Å²) < 4.78 is 0. The SMILES string of the molecule is Cc1ccc(N2C(=O)[C@@H]3[C@@H](C2=O)[C@@H](c2ccccc2)C=C[C@@H]3c2ccccc2)cc1. The lowest BCUT2D eigenvalue weighted by molar-refractivity contribution is -0.122. The van der Waals surface area contributed by atoms with Gasteiger partial charge in [0.05, 0.1) is 17.5 Å². The summed E-state index contributed by atoms with van der Waals surface area (Å²) in [5, 5.41) is 0. The van der Waals surface area contributed by atoms with Crippen LogP contribution in [0.5, 0.6) is 0 Å². The molecule has 0 bridgehead atoms. The van der Waals surface area contributed by atoms with Gasteiger partial charge >= 0.3 is 0 Å². The summed E-state index contributed by atoms with van der Waals surface area (Å²) in [5.41, 5.74) is 3.90. The number of nitrogens with zero attached hydrogens (tertiary/aromatic N) is 1. The average Bonchev–Trinajstić information content (AvgIpc) is 3.06. The van der Waals surface area contributed by atoms with Gasteiger partial charge in [-0.15, -0.1) is 0 Å². The maximum Gasteiger partial charge on any atom is 0.238 e. The molecule has 2 amide bonds. The molecule has 5 rings (SSSR count). The molecule has 1 aliphatic heterocycles. The molecule has 30 heavy (non-hydrogen) atoms. The molecule has 148 valence electrons. The van der Waals surface area contributed by atoms with Crippen molar-refractivity contribution in [3.63, 3.8) is 0 Å². The first-order valence-electron chi connectivity index (χ1n) is 10.4. The molecule has 1 saturated heterocycles. The highest BCUT2D eigenvalue weighted by Crippen LogP contribution is 2.50. The van der Waals surface area contributed by atoms with Crippen LogP contribution < -0.4 is 4.90 Å². The Morgan fingerprint density at radius 3 is 1.47 bits per heavy atom. The van der Waals surface area contributed by atoms with Gasteiger partial charge in [0.25, 0.3) is 0 Å². The van der Waals surface area contributed by atoms with E-state index in [0.29, 0.717) is 5.69 Å². The van der Waals surface area contributed by atoms with Gasteiger partial charge in [0.1, 0.15) is 0 Å². The minimum atomic E-state index is -0.406. The van der Waals surface area contributed by atoms with Crippen molar-refractivity contribution in [2.75, 3.05) is 4.90 Å². The molecule has 0 radical (unpaired) electrons. The van der Waals surface area contributed by atoms with E-state index < -0.39 is 11.8 Å². The van der Waals surface area contributed by atoms with Crippen molar-refractivity contribution in [3.05, 3.63) is 114 Å². The molecule has 3 nitrogen and oxygen atoms in total. The van der Waals surface area contributed by atoms with E-state index in [2.05, 4.69) is 12.2 Å². The number of hydrogen-bond acceptors (Lipinski definition) is 2. The van der Waals surface area contributed by atoms with E-state index in [1.165, 1.54) is 4.90 Å². The topological polar surface area (TPSA) is 37.4 Å². The number of carbonyl (C=O) groups excluding carboxylic acids is 2. The predicted octanol–water partition coefficient (Wildman–Crippen LogP) is 5.24. The Morgan fingerprint density at radius 2 is 1.03 bits per heavy atom. The summed E-state index contributed by atoms with van der Waals surface area (Å²) in [6.45, 7) is 2.00. The monoisotopic (exact) mass is 393 g/mol. The zero-order valence-corrected chi connectivity index (χ0v) is 16.8. The number of carbonyl (C=O) groups is 2. The maximum atomic E-state index is 13.7. The van der Waals surface area contributed by atoms with Gasteiger partial charge < -0.3 is 0 Å². The molecule has 0 aromatic heterocycles. The van der Waals surface area contributed by atoms with Gasteiger partial charge in [-0.2, -0.15) is 0 Å². The number of aryl methyl sites for hydroxylation is 1. The number of hydrogen-bond donors (Lipinski definition) is 0. The molecule has 3 heteroatoms. The number of imide groups is 1. The molecule has 3 aromatic carbocycles. The van der Waals surface area contributed by atoms with Gasteiger partial charge in [0.15, 0.2) is 0 Å². The highest BCUT2D eigenvalue weighted by atomic mass is 16.2. The quantitative estimate of drug-likeness (QED) is 0.451. The Hall–Kier alpha value is -3.46. The van der Waals surface area contributed by atoms with Gasteiger partial charge in [-0.05, 0) is 30.2 Å². The second-order valence-corrected chi connectivity index (χ2v) is 8.16. The first-order valence-corrected chi connectivity index (χ1v) is 10.4. The Balaban J connectivity index is 1.63. The highest BCUT2D eigenvalue weighted by molar-refractivity contribution is 6.23. The van der Waals surface area contributed by atoms with Crippen LogP contribution >= 0.6 is 0 Å². The van der Waals surface area contributed by atoms with Crippen LogP contribution in [-0.2, 0) is 9.59 Å². The second-order valence-electron chi connectivity index (χ2n) is 8.16. The molecule has 1 fully saturated rings. The van der Waals surface area contributed by atoms with E-state index in [4.69, 9.17) is 0 Å². The number of amides is 2. The van der Waals surface area contributed by atoms with Gasteiger partial charge in [0, 0.05) is 11.8 Å². The molecular weight excluding hydrogens is 370 g/mol. The number of fused-ring (bicyclic) bond motifs is 1. The summed E-state index contributed by atoms with van der Waals surface area (Å²) in [4.78, 5) is 28.7. The Kier molecular flexibility index (Phi) is 4.59. The molecule has 1 heterocycles. The summed E-state index contributed by atoms with van der Waals surface area (Å²) in [6.07, 6.45) is 4.25. The first kappa shape index (κ1) is 18.6. The smallest absolute Gasteiger partial charge is 0.238 e. The normalized spacial score (nSPS) is 25.4. The second kappa shape index (κ2) is 7.42. The molecule has 0 unspecified atom stereocenters. The fourth-order valence-corrected chi connectivity index (χ4v) is 4.88. The van der Waals surface area contributed by atoms with Crippen molar-refractivity contribution >= 4 is 17.5 Å². The number of rotatable bonds is 3. The van der Waals surface area contributed by atoms with Gasteiger partial charge in [-0.1, -0.05) is 90.5 Å². The van der Waals surface area contributed by atoms with E-state index in [0.717, 1.165) is 16.7 Å². The van der Waals surface area contributed by atoms with E-state index >= 15 is 0 Å². The fraction of sp³-hybridized carbons (Fsp3) is 0.185. The molecule has 1 aliphatic carbocycles. The molecule has 3 aromatic rings. The molecule has 4 atom stereocenters. The molecule has 2 aliphatic rings. The lowest BCUT2D eigenvalue weighted by atomic mass is 9.68. The molecular formula is C27H23NO2. The van der Waals surface area contributed by atoms with Crippen LogP contribution in [0.2, 0.25) is 0 Å². The van der Waals surface area contributed by atoms with Crippen molar-refractivity contribution < 1.29 is 9.59 Å². The molecule has 0 N–H and O–H groups in total. The Labute approximate surface area is 176 Å². The zero-order valence-electron chi connectivity index (χ0n) is 16.8. The third-order valence-electron chi connectivity index (χ3n) is 6.36. The largest absolute Gasteiger partial charge is 0.274 e. The lowest BCUT2D eigenvalue weighted by Crippen LogP contribution is -2.31. The van der Waals surface area contributed by atoms with Crippen molar-refractivity contribution in [2.45, 2.75) is 18.8 Å². The zero-order chi connectivity index (χ0) is 20.7. The van der Waals surface area contributed by atoms with Gasteiger partial charge in [-0.25, -0.2) is 4.90 Å². The summed E-state index contributed by atoms with van der Waals surface area (Å²) in [6, 6.07) is 27.7. The summed E-state index contributed by atoms with van der Waals surface area (Å²) in [5.74, 6) is -1.24. The van der Waals surface area contributed by atoms with Crippen LogP contribution in [0.4, 0.5) is 5.69 Å². The van der Waals surface area contributed by atoms with Crippen LogP contribution in [0.25, 0.3) is 0 Å². The van der Waals surface area contributed by atoms with E-state index in [1.54, 1.807) is 0 Å². The van der Waals surface area contributed by atoms with Crippen LogP contribution in [0, 0.1) is 18.8 Å². The van der Waals surface area contributed by atoms with Crippen molar-refractivity contribution in [1.29, 1.82) is 0 Å². The Morgan fingerprint density at radius 1 is 0.600 bits per heavy atom. The summed E-state index contributed by atoms with van der Waals surface area (Å²) >= 11 is 0. The summed E-state index contributed by atoms with van der Waals surface area (Å²) in [7, 11) is 0. The van der Waals surface area contributed by atoms with Gasteiger partial charge in [0.2, 0.25) is 11.8 Å².